The highest BCUT2D eigenvalue weighted by Gasteiger charge is 2.40. The standard InChI is InChI=1S/C16H25NO2/c1-12(2)17-9-16(10-18-11-16)14-5-7-15(8-6-14)19-13(3)4/h5-8,12-13,17H,9-11H2,1-4H3. The maximum Gasteiger partial charge on any atom is 0.119 e. The van der Waals surface area contributed by atoms with E-state index in [-0.39, 0.29) is 11.5 Å². The van der Waals surface area contributed by atoms with Gasteiger partial charge in [-0.25, -0.2) is 0 Å². The Balaban J connectivity index is 2.06. The van der Waals surface area contributed by atoms with Crippen LogP contribution in [0.25, 0.3) is 0 Å². The second-order valence-electron chi connectivity index (χ2n) is 6.00. The Hall–Kier alpha value is -1.06. The van der Waals surface area contributed by atoms with Crippen molar-refractivity contribution in [3.05, 3.63) is 29.8 Å². The van der Waals surface area contributed by atoms with Gasteiger partial charge in [-0.15, -0.1) is 0 Å². The van der Waals surface area contributed by atoms with E-state index >= 15 is 0 Å². The van der Waals surface area contributed by atoms with Gasteiger partial charge in [0.15, 0.2) is 0 Å². The average Bonchev–Trinajstić information content (AvgIpc) is 2.28. The van der Waals surface area contributed by atoms with Crippen LogP contribution in [0.1, 0.15) is 33.3 Å². The van der Waals surface area contributed by atoms with Gasteiger partial charge in [-0.3, -0.25) is 0 Å². The monoisotopic (exact) mass is 263 g/mol. The minimum absolute atomic E-state index is 0.140. The summed E-state index contributed by atoms with van der Waals surface area (Å²) in [4.78, 5) is 0. The lowest BCUT2D eigenvalue weighted by atomic mass is 9.78. The first-order valence-electron chi connectivity index (χ1n) is 7.10. The average molecular weight is 263 g/mol. The SMILES string of the molecule is CC(C)NCC1(c2ccc(OC(C)C)cc2)COC1. The lowest BCUT2D eigenvalue weighted by Crippen LogP contribution is -2.54. The minimum atomic E-state index is 0.140. The van der Waals surface area contributed by atoms with Crippen LogP contribution < -0.4 is 10.1 Å². The van der Waals surface area contributed by atoms with E-state index in [1.54, 1.807) is 0 Å². The molecule has 1 aliphatic heterocycles. The molecule has 19 heavy (non-hydrogen) atoms. The van der Waals surface area contributed by atoms with E-state index in [4.69, 9.17) is 9.47 Å². The fourth-order valence-corrected chi connectivity index (χ4v) is 2.28. The first kappa shape index (κ1) is 14.4. The highest BCUT2D eigenvalue weighted by atomic mass is 16.5. The third-order valence-corrected chi connectivity index (χ3v) is 3.44. The number of hydrogen-bond donors (Lipinski definition) is 1. The first-order valence-corrected chi connectivity index (χ1v) is 7.10. The molecule has 1 saturated heterocycles. The summed E-state index contributed by atoms with van der Waals surface area (Å²) in [5.74, 6) is 0.936. The number of benzene rings is 1. The van der Waals surface area contributed by atoms with Gasteiger partial charge in [0, 0.05) is 12.6 Å². The van der Waals surface area contributed by atoms with Crippen molar-refractivity contribution in [1.29, 1.82) is 0 Å². The molecular formula is C16H25NO2. The van der Waals surface area contributed by atoms with Gasteiger partial charge in [0.25, 0.3) is 0 Å². The number of nitrogens with one attached hydrogen (secondary N) is 1. The van der Waals surface area contributed by atoms with Gasteiger partial charge in [0.2, 0.25) is 0 Å². The van der Waals surface area contributed by atoms with Crippen LogP contribution in [0, 0.1) is 0 Å². The third kappa shape index (κ3) is 3.48. The summed E-state index contributed by atoms with van der Waals surface area (Å²) in [6.07, 6.45) is 0.217. The van der Waals surface area contributed by atoms with Crippen molar-refractivity contribution in [2.24, 2.45) is 0 Å². The van der Waals surface area contributed by atoms with E-state index in [1.807, 2.05) is 13.8 Å². The van der Waals surface area contributed by atoms with E-state index in [1.165, 1.54) is 5.56 Å². The van der Waals surface area contributed by atoms with Crippen LogP contribution in [0.2, 0.25) is 0 Å². The molecule has 0 saturated carbocycles. The van der Waals surface area contributed by atoms with Crippen LogP contribution in [0.15, 0.2) is 24.3 Å². The Labute approximate surface area is 116 Å². The number of ether oxygens (including phenoxy) is 2. The summed E-state index contributed by atoms with van der Waals surface area (Å²) in [6, 6.07) is 8.96. The summed E-state index contributed by atoms with van der Waals surface area (Å²) in [7, 11) is 0. The van der Waals surface area contributed by atoms with Crippen molar-refractivity contribution in [3.8, 4) is 5.75 Å². The molecule has 0 bridgehead atoms. The molecule has 0 aromatic heterocycles. The smallest absolute Gasteiger partial charge is 0.119 e. The zero-order chi connectivity index (χ0) is 13.9. The van der Waals surface area contributed by atoms with Gasteiger partial charge in [0.1, 0.15) is 5.75 Å². The molecule has 106 valence electrons. The first-order chi connectivity index (χ1) is 9.02. The largest absolute Gasteiger partial charge is 0.491 e. The van der Waals surface area contributed by atoms with Crippen molar-refractivity contribution in [3.63, 3.8) is 0 Å². The molecule has 3 heteroatoms. The Morgan fingerprint density at radius 1 is 1.16 bits per heavy atom. The molecule has 1 aromatic carbocycles. The Kier molecular flexibility index (Phi) is 4.48. The van der Waals surface area contributed by atoms with E-state index in [2.05, 4.69) is 43.4 Å². The Morgan fingerprint density at radius 3 is 2.21 bits per heavy atom. The summed E-state index contributed by atoms with van der Waals surface area (Å²) < 4.78 is 11.1. The normalized spacial score (nSPS) is 17.6. The predicted octanol–water partition coefficient (Wildman–Crippen LogP) is 2.74. The third-order valence-electron chi connectivity index (χ3n) is 3.44. The molecule has 1 aromatic rings. The summed E-state index contributed by atoms with van der Waals surface area (Å²) >= 11 is 0. The van der Waals surface area contributed by atoms with Crippen molar-refractivity contribution < 1.29 is 9.47 Å². The van der Waals surface area contributed by atoms with Crippen LogP contribution in [0.3, 0.4) is 0 Å². The molecule has 0 unspecified atom stereocenters. The van der Waals surface area contributed by atoms with Crippen LogP contribution in [0.4, 0.5) is 0 Å². The number of rotatable bonds is 6. The molecule has 0 radical (unpaired) electrons. The van der Waals surface area contributed by atoms with Gasteiger partial charge < -0.3 is 14.8 Å². The summed E-state index contributed by atoms with van der Waals surface area (Å²) in [6.45, 7) is 11.0. The fourth-order valence-electron chi connectivity index (χ4n) is 2.28. The Morgan fingerprint density at radius 2 is 1.79 bits per heavy atom. The van der Waals surface area contributed by atoms with Gasteiger partial charge in [-0.2, -0.15) is 0 Å². The maximum atomic E-state index is 5.68. The fraction of sp³-hybridized carbons (Fsp3) is 0.625. The quantitative estimate of drug-likeness (QED) is 0.856. The lowest BCUT2D eigenvalue weighted by molar-refractivity contribution is -0.0597. The lowest BCUT2D eigenvalue weighted by Gasteiger charge is -2.42. The molecule has 2 rings (SSSR count). The zero-order valence-corrected chi connectivity index (χ0v) is 12.4. The zero-order valence-electron chi connectivity index (χ0n) is 12.4. The van der Waals surface area contributed by atoms with E-state index < -0.39 is 0 Å². The molecule has 0 amide bonds. The molecular weight excluding hydrogens is 238 g/mol. The molecule has 0 spiro atoms. The molecule has 3 nitrogen and oxygen atoms in total. The van der Waals surface area contributed by atoms with Crippen molar-refractivity contribution >= 4 is 0 Å². The Bertz CT molecular complexity index is 394. The molecule has 0 atom stereocenters. The van der Waals surface area contributed by atoms with Crippen LogP contribution in [-0.4, -0.2) is 31.9 Å². The van der Waals surface area contributed by atoms with E-state index in [0.29, 0.717) is 6.04 Å². The van der Waals surface area contributed by atoms with Crippen molar-refractivity contribution in [2.45, 2.75) is 45.3 Å². The van der Waals surface area contributed by atoms with Crippen LogP contribution >= 0.6 is 0 Å². The molecule has 1 fully saturated rings. The van der Waals surface area contributed by atoms with E-state index in [9.17, 15) is 0 Å². The molecule has 1 heterocycles. The minimum Gasteiger partial charge on any atom is -0.491 e. The maximum absolute atomic E-state index is 5.68. The molecule has 1 aliphatic rings. The second-order valence-corrected chi connectivity index (χ2v) is 6.00. The predicted molar refractivity (Wildman–Crippen MR) is 77.8 cm³/mol. The van der Waals surface area contributed by atoms with Gasteiger partial charge >= 0.3 is 0 Å². The molecule has 1 N–H and O–H groups in total. The summed E-state index contributed by atoms with van der Waals surface area (Å²) in [5.41, 5.74) is 1.48. The number of hydrogen-bond acceptors (Lipinski definition) is 3. The topological polar surface area (TPSA) is 30.5 Å². The molecule has 0 aliphatic carbocycles. The van der Waals surface area contributed by atoms with Gasteiger partial charge in [-0.05, 0) is 31.5 Å². The van der Waals surface area contributed by atoms with Crippen LogP contribution in [0.5, 0.6) is 5.75 Å². The van der Waals surface area contributed by atoms with Crippen LogP contribution in [-0.2, 0) is 10.2 Å². The summed E-state index contributed by atoms with van der Waals surface area (Å²) in [5, 5.41) is 3.52. The second kappa shape index (κ2) is 5.93. The van der Waals surface area contributed by atoms with Gasteiger partial charge in [-0.1, -0.05) is 26.0 Å². The highest BCUT2D eigenvalue weighted by Crippen LogP contribution is 2.33. The highest BCUT2D eigenvalue weighted by molar-refractivity contribution is 5.34. The van der Waals surface area contributed by atoms with Crippen molar-refractivity contribution in [2.75, 3.05) is 19.8 Å². The van der Waals surface area contributed by atoms with Crippen molar-refractivity contribution in [1.82, 2.24) is 5.32 Å². The van der Waals surface area contributed by atoms with E-state index in [0.717, 1.165) is 25.5 Å². The van der Waals surface area contributed by atoms with Gasteiger partial charge in [0.05, 0.1) is 24.7 Å².